The third-order valence-electron chi connectivity index (χ3n) is 3.63. The molecule has 0 fully saturated rings. The molecule has 2 aromatic rings. The summed E-state index contributed by atoms with van der Waals surface area (Å²) in [6.07, 6.45) is 1.10. The Balaban J connectivity index is 0.00000288. The van der Waals surface area contributed by atoms with Crippen LogP contribution in [0.25, 0.3) is 10.9 Å². The molecule has 134 valence electrons. The molecule has 0 atom stereocenters. The maximum absolute atomic E-state index is 5.59. The highest BCUT2D eigenvalue weighted by Crippen LogP contribution is 2.14. The molecule has 1 heterocycles. The third kappa shape index (κ3) is 7.09. The molecule has 0 aliphatic rings. The van der Waals surface area contributed by atoms with Crippen LogP contribution in [-0.4, -0.2) is 37.7 Å². The third-order valence-corrected chi connectivity index (χ3v) is 3.63. The summed E-state index contributed by atoms with van der Waals surface area (Å²) in [6.45, 7) is 7.39. The van der Waals surface area contributed by atoms with E-state index in [0.29, 0.717) is 19.1 Å². The number of aromatic nitrogens is 1. The van der Waals surface area contributed by atoms with Crippen LogP contribution >= 0.6 is 24.0 Å². The zero-order valence-electron chi connectivity index (χ0n) is 14.8. The van der Waals surface area contributed by atoms with Crippen molar-refractivity contribution < 1.29 is 4.74 Å². The van der Waals surface area contributed by atoms with Gasteiger partial charge in [0.1, 0.15) is 0 Å². The molecule has 5 nitrogen and oxygen atoms in total. The van der Waals surface area contributed by atoms with Gasteiger partial charge in [-0.05, 0) is 29.9 Å². The Bertz CT molecular complexity index is 591. The first-order valence-corrected chi connectivity index (χ1v) is 8.28. The molecule has 1 aromatic heterocycles. The van der Waals surface area contributed by atoms with Gasteiger partial charge in [-0.15, -0.1) is 24.0 Å². The van der Waals surface area contributed by atoms with E-state index in [2.05, 4.69) is 52.7 Å². The van der Waals surface area contributed by atoms with Crippen molar-refractivity contribution in [3.8, 4) is 0 Å². The van der Waals surface area contributed by atoms with Crippen LogP contribution < -0.4 is 10.6 Å². The largest absolute Gasteiger partial charge is 0.380 e. The quantitative estimate of drug-likeness (QED) is 0.253. The van der Waals surface area contributed by atoms with Crippen LogP contribution in [0.4, 0.5) is 0 Å². The van der Waals surface area contributed by atoms with Gasteiger partial charge in [-0.25, -0.2) is 0 Å². The average Bonchev–Trinajstić information content (AvgIpc) is 2.96. The molecule has 2 rings (SSSR count). The minimum Gasteiger partial charge on any atom is -0.380 e. The first-order valence-electron chi connectivity index (χ1n) is 8.28. The van der Waals surface area contributed by atoms with E-state index in [4.69, 9.17) is 4.74 Å². The Kier molecular flexibility index (Phi) is 9.78. The highest BCUT2D eigenvalue weighted by molar-refractivity contribution is 14.0. The molecule has 1 aromatic carbocycles. The van der Waals surface area contributed by atoms with Crippen LogP contribution in [0.15, 0.2) is 35.3 Å². The molecule has 0 unspecified atom stereocenters. The van der Waals surface area contributed by atoms with Gasteiger partial charge in [0.25, 0.3) is 0 Å². The fourth-order valence-electron chi connectivity index (χ4n) is 2.29. The number of hydrogen-bond donors (Lipinski definition) is 3. The normalized spacial score (nSPS) is 11.6. The second-order valence-electron chi connectivity index (χ2n) is 6.03. The number of nitrogens with zero attached hydrogens (tertiary/aromatic N) is 1. The Morgan fingerprint density at radius 2 is 2.00 bits per heavy atom. The standard InChI is InChI=1S/C18H28N4O.HI/c1-14(2)8-10-23-11-9-20-18(19-3)21-13-16-12-15-6-4-5-7-17(15)22-16;/h4-7,12,14,22H,8-11,13H2,1-3H3,(H2,19,20,21);1H. The summed E-state index contributed by atoms with van der Waals surface area (Å²) in [5.74, 6) is 1.48. The monoisotopic (exact) mass is 444 g/mol. The van der Waals surface area contributed by atoms with E-state index in [0.717, 1.165) is 36.7 Å². The van der Waals surface area contributed by atoms with E-state index in [9.17, 15) is 0 Å². The van der Waals surface area contributed by atoms with Crippen molar-refractivity contribution in [2.45, 2.75) is 26.8 Å². The Hall–Kier alpha value is -1.28. The number of fused-ring (bicyclic) bond motifs is 1. The number of benzene rings is 1. The number of H-pyrrole nitrogens is 1. The van der Waals surface area contributed by atoms with Gasteiger partial charge < -0.3 is 20.4 Å². The Morgan fingerprint density at radius 1 is 1.21 bits per heavy atom. The van der Waals surface area contributed by atoms with Gasteiger partial charge in [0.05, 0.1) is 13.2 Å². The molecule has 0 bridgehead atoms. The minimum absolute atomic E-state index is 0. The summed E-state index contributed by atoms with van der Waals surface area (Å²) in [6, 6.07) is 10.4. The Morgan fingerprint density at radius 3 is 2.71 bits per heavy atom. The summed E-state index contributed by atoms with van der Waals surface area (Å²) in [5, 5.41) is 7.80. The van der Waals surface area contributed by atoms with E-state index in [1.54, 1.807) is 7.05 Å². The molecular weight excluding hydrogens is 415 g/mol. The molecular formula is C18H29IN4O. The van der Waals surface area contributed by atoms with Crippen LogP contribution in [0.1, 0.15) is 26.0 Å². The van der Waals surface area contributed by atoms with Crippen LogP contribution in [-0.2, 0) is 11.3 Å². The molecule has 0 spiro atoms. The lowest BCUT2D eigenvalue weighted by Crippen LogP contribution is -2.38. The van der Waals surface area contributed by atoms with Crippen molar-refractivity contribution >= 4 is 40.8 Å². The maximum atomic E-state index is 5.59. The van der Waals surface area contributed by atoms with Gasteiger partial charge in [0.15, 0.2) is 5.96 Å². The smallest absolute Gasteiger partial charge is 0.191 e. The van der Waals surface area contributed by atoms with Crippen LogP contribution in [0.3, 0.4) is 0 Å². The summed E-state index contributed by atoms with van der Waals surface area (Å²) in [7, 11) is 1.78. The van der Waals surface area contributed by atoms with Gasteiger partial charge >= 0.3 is 0 Å². The lowest BCUT2D eigenvalue weighted by Gasteiger charge is -2.12. The van der Waals surface area contributed by atoms with Crippen molar-refractivity contribution in [3.05, 3.63) is 36.0 Å². The van der Waals surface area contributed by atoms with Crippen molar-refractivity contribution in [1.29, 1.82) is 0 Å². The predicted molar refractivity (Wildman–Crippen MR) is 112 cm³/mol. The average molecular weight is 444 g/mol. The van der Waals surface area contributed by atoms with Gasteiger partial charge in [-0.1, -0.05) is 32.0 Å². The first-order chi connectivity index (χ1) is 11.2. The van der Waals surface area contributed by atoms with Gasteiger partial charge in [0.2, 0.25) is 0 Å². The van der Waals surface area contributed by atoms with Crippen molar-refractivity contribution in [1.82, 2.24) is 15.6 Å². The molecule has 0 amide bonds. The van der Waals surface area contributed by atoms with Gasteiger partial charge in [-0.2, -0.15) is 0 Å². The molecule has 0 saturated carbocycles. The molecule has 0 radical (unpaired) electrons. The molecule has 0 aliphatic heterocycles. The maximum Gasteiger partial charge on any atom is 0.191 e. The molecule has 6 heteroatoms. The second-order valence-corrected chi connectivity index (χ2v) is 6.03. The topological polar surface area (TPSA) is 61.4 Å². The number of para-hydroxylation sites is 1. The molecule has 0 saturated heterocycles. The summed E-state index contributed by atoms with van der Waals surface area (Å²) in [4.78, 5) is 7.63. The number of aliphatic imine (C=N–C) groups is 1. The van der Waals surface area contributed by atoms with E-state index in [1.807, 2.05) is 12.1 Å². The van der Waals surface area contributed by atoms with E-state index >= 15 is 0 Å². The second kappa shape index (κ2) is 11.3. The highest BCUT2D eigenvalue weighted by atomic mass is 127. The van der Waals surface area contributed by atoms with Gasteiger partial charge in [0, 0.05) is 31.4 Å². The highest BCUT2D eigenvalue weighted by Gasteiger charge is 2.02. The predicted octanol–water partition coefficient (Wildman–Crippen LogP) is 3.51. The summed E-state index contributed by atoms with van der Waals surface area (Å²) >= 11 is 0. The fraction of sp³-hybridized carbons (Fsp3) is 0.500. The van der Waals surface area contributed by atoms with Crippen molar-refractivity contribution in [3.63, 3.8) is 0 Å². The number of hydrogen-bond acceptors (Lipinski definition) is 2. The summed E-state index contributed by atoms with van der Waals surface area (Å²) < 4.78 is 5.59. The number of nitrogens with one attached hydrogen (secondary N) is 3. The van der Waals surface area contributed by atoms with Crippen molar-refractivity contribution in [2.24, 2.45) is 10.9 Å². The lowest BCUT2D eigenvalue weighted by molar-refractivity contribution is 0.128. The van der Waals surface area contributed by atoms with Crippen LogP contribution in [0.2, 0.25) is 0 Å². The molecule has 0 aliphatic carbocycles. The Labute approximate surface area is 161 Å². The molecule has 3 N–H and O–H groups in total. The van der Waals surface area contributed by atoms with Gasteiger partial charge in [-0.3, -0.25) is 4.99 Å². The molecule has 24 heavy (non-hydrogen) atoms. The van der Waals surface area contributed by atoms with E-state index in [-0.39, 0.29) is 24.0 Å². The lowest BCUT2D eigenvalue weighted by atomic mass is 10.1. The van der Waals surface area contributed by atoms with E-state index in [1.165, 1.54) is 5.39 Å². The zero-order chi connectivity index (χ0) is 16.5. The number of halogens is 1. The van der Waals surface area contributed by atoms with Crippen LogP contribution in [0, 0.1) is 5.92 Å². The zero-order valence-corrected chi connectivity index (χ0v) is 17.1. The minimum atomic E-state index is 0. The summed E-state index contributed by atoms with van der Waals surface area (Å²) in [5.41, 5.74) is 2.30. The first kappa shape index (κ1) is 20.8. The van der Waals surface area contributed by atoms with E-state index < -0.39 is 0 Å². The number of rotatable bonds is 8. The fourth-order valence-corrected chi connectivity index (χ4v) is 2.29. The SMILES string of the molecule is CN=C(NCCOCCC(C)C)NCc1cc2ccccc2[nH]1.I. The number of ether oxygens (including phenoxy) is 1. The number of aromatic amines is 1. The van der Waals surface area contributed by atoms with Crippen LogP contribution in [0.5, 0.6) is 0 Å². The number of guanidine groups is 1. The van der Waals surface area contributed by atoms with Crippen molar-refractivity contribution in [2.75, 3.05) is 26.8 Å².